The van der Waals surface area contributed by atoms with Crippen molar-refractivity contribution in [2.75, 3.05) is 6.54 Å². The van der Waals surface area contributed by atoms with Crippen molar-refractivity contribution < 1.29 is 0 Å². The van der Waals surface area contributed by atoms with Crippen LogP contribution >= 0.6 is 0 Å². The Morgan fingerprint density at radius 1 is 1.14 bits per heavy atom. The molecule has 2 saturated carbocycles. The maximum atomic E-state index is 5.82. The molecule has 0 aromatic heterocycles. The van der Waals surface area contributed by atoms with E-state index in [-0.39, 0.29) is 0 Å². The van der Waals surface area contributed by atoms with Gasteiger partial charge in [-0.15, -0.1) is 0 Å². The lowest BCUT2D eigenvalue weighted by atomic mass is 10.0. The minimum Gasteiger partial charge on any atom is -0.387 e. The highest BCUT2D eigenvalue weighted by Gasteiger charge is 2.25. The van der Waals surface area contributed by atoms with Gasteiger partial charge in [-0.1, -0.05) is 25.7 Å². The monoisotopic (exact) mass is 194 g/mol. The lowest BCUT2D eigenvalue weighted by Gasteiger charge is -2.06. The summed E-state index contributed by atoms with van der Waals surface area (Å²) in [4.78, 5) is 4.44. The summed E-state index contributed by atoms with van der Waals surface area (Å²) in [6.07, 6.45) is 11.0. The molecule has 0 spiro atoms. The van der Waals surface area contributed by atoms with Crippen LogP contribution in [0.15, 0.2) is 4.99 Å². The van der Waals surface area contributed by atoms with E-state index < -0.39 is 0 Å². The van der Waals surface area contributed by atoms with Crippen molar-refractivity contribution in [1.82, 2.24) is 0 Å². The zero-order chi connectivity index (χ0) is 9.80. The fourth-order valence-electron chi connectivity index (χ4n) is 2.40. The number of hydrogen-bond donors (Lipinski definition) is 1. The predicted molar refractivity (Wildman–Crippen MR) is 60.4 cm³/mol. The van der Waals surface area contributed by atoms with E-state index in [1.165, 1.54) is 51.4 Å². The second-order valence-corrected chi connectivity index (χ2v) is 4.87. The molecule has 2 aliphatic rings. The first-order valence-corrected chi connectivity index (χ1v) is 6.16. The molecule has 2 rings (SSSR count). The summed E-state index contributed by atoms with van der Waals surface area (Å²) in [5, 5.41) is 0. The average Bonchev–Trinajstić information content (AvgIpc) is 2.92. The van der Waals surface area contributed by atoms with Crippen molar-refractivity contribution >= 4 is 5.84 Å². The minimum absolute atomic E-state index is 0.654. The van der Waals surface area contributed by atoms with Gasteiger partial charge in [0.25, 0.3) is 0 Å². The van der Waals surface area contributed by atoms with Gasteiger partial charge in [0.05, 0.1) is 5.84 Å². The average molecular weight is 194 g/mol. The van der Waals surface area contributed by atoms with Gasteiger partial charge in [0.15, 0.2) is 0 Å². The highest BCUT2D eigenvalue weighted by Crippen LogP contribution is 2.30. The Bertz CT molecular complexity index is 200. The summed E-state index contributed by atoms with van der Waals surface area (Å²) < 4.78 is 0. The smallest absolute Gasteiger partial charge is 0.0968 e. The Balaban J connectivity index is 1.55. The van der Waals surface area contributed by atoms with E-state index in [2.05, 4.69) is 4.99 Å². The molecular weight excluding hydrogens is 172 g/mol. The number of aliphatic imine (C=N–C) groups is 1. The number of nitrogens with zero attached hydrogens (tertiary/aromatic N) is 1. The summed E-state index contributed by atoms with van der Waals surface area (Å²) in [5.74, 6) is 2.59. The van der Waals surface area contributed by atoms with Crippen molar-refractivity contribution in [3.63, 3.8) is 0 Å². The van der Waals surface area contributed by atoms with E-state index in [9.17, 15) is 0 Å². The lowest BCUT2D eigenvalue weighted by Crippen LogP contribution is -2.14. The minimum atomic E-state index is 0.654. The third kappa shape index (κ3) is 3.00. The van der Waals surface area contributed by atoms with E-state index in [1.807, 2.05) is 0 Å². The first-order valence-electron chi connectivity index (χ1n) is 6.16. The Morgan fingerprint density at radius 2 is 1.86 bits per heavy atom. The Hall–Kier alpha value is -0.530. The van der Waals surface area contributed by atoms with Crippen molar-refractivity contribution in [2.45, 2.75) is 51.4 Å². The number of hydrogen-bond acceptors (Lipinski definition) is 1. The molecule has 0 aromatic rings. The third-order valence-electron chi connectivity index (χ3n) is 3.54. The Labute approximate surface area is 87.0 Å². The second kappa shape index (κ2) is 4.81. The summed E-state index contributed by atoms with van der Waals surface area (Å²) >= 11 is 0. The van der Waals surface area contributed by atoms with Gasteiger partial charge in [0.2, 0.25) is 0 Å². The maximum absolute atomic E-state index is 5.82. The van der Waals surface area contributed by atoms with Gasteiger partial charge in [-0.2, -0.15) is 0 Å². The highest BCUT2D eigenvalue weighted by molar-refractivity contribution is 5.84. The molecule has 0 amide bonds. The molecule has 2 N–H and O–H groups in total. The summed E-state index contributed by atoms with van der Waals surface area (Å²) in [5.41, 5.74) is 5.82. The van der Waals surface area contributed by atoms with Gasteiger partial charge in [-0.3, -0.25) is 4.99 Å². The number of nitrogens with two attached hydrogens (primary N) is 1. The zero-order valence-corrected chi connectivity index (χ0v) is 9.04. The van der Waals surface area contributed by atoms with Crippen LogP contribution in [0.5, 0.6) is 0 Å². The van der Waals surface area contributed by atoms with Crippen molar-refractivity contribution in [2.24, 2.45) is 22.6 Å². The SMILES string of the molecule is NC(=NCCCC1CCCC1)C1CC1. The molecule has 0 radical (unpaired) electrons. The standard InChI is InChI=1S/C12H22N2/c13-12(11-7-8-11)14-9-3-6-10-4-1-2-5-10/h10-11H,1-9H2,(H2,13,14). The Morgan fingerprint density at radius 3 is 2.50 bits per heavy atom. The van der Waals surface area contributed by atoms with Crippen LogP contribution in [0.2, 0.25) is 0 Å². The third-order valence-corrected chi connectivity index (χ3v) is 3.54. The molecule has 2 nitrogen and oxygen atoms in total. The molecule has 0 aliphatic heterocycles. The van der Waals surface area contributed by atoms with E-state index in [0.29, 0.717) is 5.92 Å². The van der Waals surface area contributed by atoms with Gasteiger partial charge in [-0.05, 0) is 31.6 Å². The van der Waals surface area contributed by atoms with Crippen LogP contribution in [0.3, 0.4) is 0 Å². The van der Waals surface area contributed by atoms with Crippen molar-refractivity contribution in [1.29, 1.82) is 0 Å². The first kappa shape index (κ1) is 10.0. The van der Waals surface area contributed by atoms with Gasteiger partial charge < -0.3 is 5.73 Å². The lowest BCUT2D eigenvalue weighted by molar-refractivity contribution is 0.488. The van der Waals surface area contributed by atoms with Crippen LogP contribution in [0.1, 0.15) is 51.4 Å². The topological polar surface area (TPSA) is 38.4 Å². The summed E-state index contributed by atoms with van der Waals surface area (Å²) in [7, 11) is 0. The Kier molecular flexibility index (Phi) is 3.44. The second-order valence-electron chi connectivity index (χ2n) is 4.87. The molecule has 2 heteroatoms. The molecule has 14 heavy (non-hydrogen) atoms. The van der Waals surface area contributed by atoms with Crippen LogP contribution < -0.4 is 5.73 Å². The van der Waals surface area contributed by atoms with E-state index in [4.69, 9.17) is 5.73 Å². The normalized spacial score (nSPS) is 24.4. The molecule has 0 aromatic carbocycles. The van der Waals surface area contributed by atoms with Gasteiger partial charge in [0, 0.05) is 12.5 Å². The molecular formula is C12H22N2. The summed E-state index contributed by atoms with van der Waals surface area (Å²) in [6, 6.07) is 0. The fourth-order valence-corrected chi connectivity index (χ4v) is 2.40. The largest absolute Gasteiger partial charge is 0.387 e. The van der Waals surface area contributed by atoms with Gasteiger partial charge >= 0.3 is 0 Å². The van der Waals surface area contributed by atoms with E-state index in [1.54, 1.807) is 0 Å². The quantitative estimate of drug-likeness (QED) is 0.408. The molecule has 80 valence electrons. The molecule has 0 bridgehead atoms. The van der Waals surface area contributed by atoms with E-state index in [0.717, 1.165) is 18.3 Å². The fraction of sp³-hybridized carbons (Fsp3) is 0.917. The molecule has 0 heterocycles. The van der Waals surface area contributed by atoms with Crippen LogP contribution in [0.25, 0.3) is 0 Å². The van der Waals surface area contributed by atoms with Crippen LogP contribution in [0, 0.1) is 11.8 Å². The number of rotatable bonds is 5. The van der Waals surface area contributed by atoms with Gasteiger partial charge in [-0.25, -0.2) is 0 Å². The maximum Gasteiger partial charge on any atom is 0.0968 e. The van der Waals surface area contributed by atoms with Crippen molar-refractivity contribution in [3.8, 4) is 0 Å². The molecule has 2 fully saturated rings. The number of amidine groups is 1. The molecule has 0 unspecified atom stereocenters. The highest BCUT2D eigenvalue weighted by atomic mass is 14.9. The molecule has 2 aliphatic carbocycles. The van der Waals surface area contributed by atoms with E-state index >= 15 is 0 Å². The summed E-state index contributed by atoms with van der Waals surface area (Å²) in [6.45, 7) is 0.971. The van der Waals surface area contributed by atoms with Crippen LogP contribution in [-0.2, 0) is 0 Å². The predicted octanol–water partition coefficient (Wildman–Crippen LogP) is 2.72. The first-order chi connectivity index (χ1) is 6.86. The molecule has 0 saturated heterocycles. The zero-order valence-electron chi connectivity index (χ0n) is 9.04. The molecule has 0 atom stereocenters. The van der Waals surface area contributed by atoms with Crippen molar-refractivity contribution in [3.05, 3.63) is 0 Å². The van der Waals surface area contributed by atoms with Crippen LogP contribution in [-0.4, -0.2) is 12.4 Å². The van der Waals surface area contributed by atoms with Crippen LogP contribution in [0.4, 0.5) is 0 Å². The van der Waals surface area contributed by atoms with Gasteiger partial charge in [0.1, 0.15) is 0 Å².